The molecule has 0 aliphatic heterocycles. The van der Waals surface area contributed by atoms with Gasteiger partial charge in [0.25, 0.3) is 0 Å². The standard InChI is InChI=1S/C15H16Cl2O3/c1-20-15(19)11-5-3-2-4-10(11)14(18)9-6-7-12(16)13(17)8-9/h6-8,10-11H,2-5H2,1H3. The van der Waals surface area contributed by atoms with Gasteiger partial charge in [-0.2, -0.15) is 0 Å². The Labute approximate surface area is 128 Å². The van der Waals surface area contributed by atoms with E-state index in [4.69, 9.17) is 27.9 Å². The second-order valence-electron chi connectivity index (χ2n) is 5.01. The zero-order chi connectivity index (χ0) is 14.7. The topological polar surface area (TPSA) is 43.4 Å². The molecular formula is C15H16Cl2O3. The van der Waals surface area contributed by atoms with E-state index >= 15 is 0 Å². The molecule has 1 aromatic carbocycles. The van der Waals surface area contributed by atoms with Gasteiger partial charge in [-0.25, -0.2) is 0 Å². The van der Waals surface area contributed by atoms with Gasteiger partial charge in [0.15, 0.2) is 5.78 Å². The molecule has 0 heterocycles. The Morgan fingerprint density at radius 2 is 1.75 bits per heavy atom. The molecule has 0 amide bonds. The van der Waals surface area contributed by atoms with Crippen LogP contribution >= 0.6 is 23.2 Å². The molecule has 5 heteroatoms. The maximum Gasteiger partial charge on any atom is 0.309 e. The molecule has 0 saturated heterocycles. The first-order valence-corrected chi connectivity index (χ1v) is 7.37. The van der Waals surface area contributed by atoms with E-state index in [1.54, 1.807) is 18.2 Å². The van der Waals surface area contributed by atoms with Gasteiger partial charge in [0, 0.05) is 11.5 Å². The monoisotopic (exact) mass is 314 g/mol. The van der Waals surface area contributed by atoms with Crippen molar-refractivity contribution in [3.05, 3.63) is 33.8 Å². The van der Waals surface area contributed by atoms with Crippen molar-refractivity contribution in [3.63, 3.8) is 0 Å². The van der Waals surface area contributed by atoms with Gasteiger partial charge >= 0.3 is 5.97 Å². The van der Waals surface area contributed by atoms with E-state index in [1.807, 2.05) is 0 Å². The van der Waals surface area contributed by atoms with E-state index < -0.39 is 0 Å². The molecule has 1 aliphatic rings. The van der Waals surface area contributed by atoms with Crippen molar-refractivity contribution >= 4 is 35.0 Å². The summed E-state index contributed by atoms with van der Waals surface area (Å²) in [5.41, 5.74) is 0.500. The number of carbonyl (C=O) groups excluding carboxylic acids is 2. The van der Waals surface area contributed by atoms with Crippen LogP contribution < -0.4 is 0 Å². The minimum absolute atomic E-state index is 0.0568. The summed E-state index contributed by atoms with van der Waals surface area (Å²) in [4.78, 5) is 24.4. The van der Waals surface area contributed by atoms with Crippen molar-refractivity contribution in [1.82, 2.24) is 0 Å². The Bertz CT molecular complexity index is 528. The minimum Gasteiger partial charge on any atom is -0.469 e. The zero-order valence-corrected chi connectivity index (χ0v) is 12.7. The zero-order valence-electron chi connectivity index (χ0n) is 11.2. The maximum absolute atomic E-state index is 12.6. The normalized spacial score (nSPS) is 22.4. The number of esters is 1. The van der Waals surface area contributed by atoms with Gasteiger partial charge < -0.3 is 4.74 Å². The lowest BCUT2D eigenvalue weighted by molar-refractivity contribution is -0.147. The molecule has 1 saturated carbocycles. The fourth-order valence-corrected chi connectivity index (χ4v) is 3.04. The van der Waals surface area contributed by atoms with Crippen LogP contribution in [0.1, 0.15) is 36.0 Å². The lowest BCUT2D eigenvalue weighted by atomic mass is 9.75. The summed E-state index contributed by atoms with van der Waals surface area (Å²) in [7, 11) is 1.36. The molecular weight excluding hydrogens is 299 g/mol. The Balaban J connectivity index is 2.25. The van der Waals surface area contributed by atoms with Crippen LogP contribution in [0, 0.1) is 11.8 Å². The minimum atomic E-state index is -0.351. The number of hydrogen-bond donors (Lipinski definition) is 0. The Hall–Kier alpha value is -1.06. The van der Waals surface area contributed by atoms with Crippen LogP contribution in [-0.4, -0.2) is 18.9 Å². The number of methoxy groups -OCH3 is 1. The first-order valence-electron chi connectivity index (χ1n) is 6.61. The number of Topliss-reactive ketones (excluding diaryl/α,β-unsaturated/α-hetero) is 1. The third-order valence-corrected chi connectivity index (χ3v) is 4.55. The van der Waals surface area contributed by atoms with Crippen LogP contribution in [0.3, 0.4) is 0 Å². The van der Waals surface area contributed by atoms with Crippen LogP contribution in [0.4, 0.5) is 0 Å². The van der Waals surface area contributed by atoms with Crippen LogP contribution in [0.2, 0.25) is 10.0 Å². The van der Waals surface area contributed by atoms with Gasteiger partial charge in [-0.1, -0.05) is 36.0 Å². The van der Waals surface area contributed by atoms with Gasteiger partial charge in [-0.15, -0.1) is 0 Å². The predicted molar refractivity (Wildman–Crippen MR) is 78.3 cm³/mol. The SMILES string of the molecule is COC(=O)C1CCCCC1C(=O)c1ccc(Cl)c(Cl)c1. The average Bonchev–Trinajstić information content (AvgIpc) is 2.48. The number of carbonyl (C=O) groups is 2. The first kappa shape index (κ1) is 15.3. The molecule has 2 unspecified atom stereocenters. The highest BCUT2D eigenvalue weighted by Gasteiger charge is 2.36. The van der Waals surface area contributed by atoms with Crippen molar-refractivity contribution < 1.29 is 14.3 Å². The van der Waals surface area contributed by atoms with E-state index in [9.17, 15) is 9.59 Å². The summed E-state index contributed by atoms with van der Waals surface area (Å²) in [6.45, 7) is 0. The molecule has 0 radical (unpaired) electrons. The molecule has 0 N–H and O–H groups in total. The van der Waals surface area contributed by atoms with E-state index in [0.717, 1.165) is 12.8 Å². The Morgan fingerprint density at radius 3 is 2.35 bits per heavy atom. The van der Waals surface area contributed by atoms with E-state index in [0.29, 0.717) is 28.5 Å². The van der Waals surface area contributed by atoms with Crippen LogP contribution in [0.5, 0.6) is 0 Å². The lowest BCUT2D eigenvalue weighted by Gasteiger charge is -2.28. The molecule has 2 atom stereocenters. The average molecular weight is 315 g/mol. The predicted octanol–water partition coefficient (Wildman–Crippen LogP) is 4.16. The van der Waals surface area contributed by atoms with Crippen molar-refractivity contribution in [2.45, 2.75) is 25.7 Å². The number of halogens is 2. The summed E-state index contributed by atoms with van der Waals surface area (Å²) >= 11 is 11.8. The molecule has 108 valence electrons. The second kappa shape index (κ2) is 6.59. The summed E-state index contributed by atoms with van der Waals surface area (Å²) in [6.07, 6.45) is 3.30. The molecule has 1 aliphatic carbocycles. The Kier molecular flexibility index (Phi) is 5.06. The summed E-state index contributed by atoms with van der Waals surface area (Å²) in [5, 5.41) is 0.763. The quantitative estimate of drug-likeness (QED) is 0.621. The highest BCUT2D eigenvalue weighted by molar-refractivity contribution is 6.42. The third-order valence-electron chi connectivity index (χ3n) is 3.81. The largest absolute Gasteiger partial charge is 0.469 e. The highest BCUT2D eigenvalue weighted by Crippen LogP contribution is 2.34. The van der Waals surface area contributed by atoms with Crippen molar-refractivity contribution in [1.29, 1.82) is 0 Å². The van der Waals surface area contributed by atoms with Crippen LogP contribution in [-0.2, 0) is 9.53 Å². The fourth-order valence-electron chi connectivity index (χ4n) is 2.74. The molecule has 0 spiro atoms. The van der Waals surface area contributed by atoms with Gasteiger partial charge in [0.05, 0.1) is 23.1 Å². The van der Waals surface area contributed by atoms with E-state index in [1.165, 1.54) is 7.11 Å². The fraction of sp³-hybridized carbons (Fsp3) is 0.467. The molecule has 2 rings (SSSR count). The summed E-state index contributed by atoms with van der Waals surface area (Å²) < 4.78 is 4.81. The highest BCUT2D eigenvalue weighted by atomic mass is 35.5. The molecule has 0 aromatic heterocycles. The smallest absolute Gasteiger partial charge is 0.309 e. The molecule has 1 aromatic rings. The number of ketones is 1. The third kappa shape index (κ3) is 3.15. The Morgan fingerprint density at radius 1 is 1.10 bits per heavy atom. The van der Waals surface area contributed by atoms with Crippen LogP contribution in [0.15, 0.2) is 18.2 Å². The number of ether oxygens (including phenoxy) is 1. The van der Waals surface area contributed by atoms with Gasteiger partial charge in [-0.05, 0) is 31.0 Å². The van der Waals surface area contributed by atoms with E-state index in [-0.39, 0.29) is 23.6 Å². The van der Waals surface area contributed by atoms with Crippen molar-refractivity contribution in [2.24, 2.45) is 11.8 Å². The summed E-state index contributed by atoms with van der Waals surface area (Å²) in [6, 6.07) is 4.82. The molecule has 1 fully saturated rings. The summed E-state index contributed by atoms with van der Waals surface area (Å²) in [5.74, 6) is -1.04. The number of benzene rings is 1. The van der Waals surface area contributed by atoms with Gasteiger partial charge in [0.1, 0.15) is 0 Å². The van der Waals surface area contributed by atoms with Crippen molar-refractivity contribution in [3.8, 4) is 0 Å². The lowest BCUT2D eigenvalue weighted by Crippen LogP contribution is -2.33. The van der Waals surface area contributed by atoms with Crippen molar-refractivity contribution in [2.75, 3.05) is 7.11 Å². The maximum atomic E-state index is 12.6. The molecule has 20 heavy (non-hydrogen) atoms. The first-order chi connectivity index (χ1) is 9.54. The number of rotatable bonds is 3. The van der Waals surface area contributed by atoms with E-state index in [2.05, 4.69) is 0 Å². The number of hydrogen-bond acceptors (Lipinski definition) is 3. The molecule has 0 bridgehead atoms. The van der Waals surface area contributed by atoms with Gasteiger partial charge in [0.2, 0.25) is 0 Å². The van der Waals surface area contributed by atoms with Gasteiger partial charge in [-0.3, -0.25) is 9.59 Å². The molecule has 3 nitrogen and oxygen atoms in total. The van der Waals surface area contributed by atoms with Crippen LogP contribution in [0.25, 0.3) is 0 Å². The second-order valence-corrected chi connectivity index (χ2v) is 5.83.